The molecule has 3 N–H and O–H groups in total. The number of hydrogen-bond acceptors (Lipinski definition) is 2. The number of benzene rings is 1. The summed E-state index contributed by atoms with van der Waals surface area (Å²) in [6, 6.07) is 4.40. The van der Waals surface area contributed by atoms with Crippen LogP contribution in [0.5, 0.6) is 0 Å². The van der Waals surface area contributed by atoms with Gasteiger partial charge in [-0.2, -0.15) is 0 Å². The molecule has 0 spiro atoms. The van der Waals surface area contributed by atoms with Crippen molar-refractivity contribution in [3.8, 4) is 0 Å². The van der Waals surface area contributed by atoms with Crippen LogP contribution in [-0.2, 0) is 4.79 Å². The second-order valence-corrected chi connectivity index (χ2v) is 4.60. The molecule has 1 aromatic rings. The van der Waals surface area contributed by atoms with Crippen LogP contribution in [-0.4, -0.2) is 11.1 Å². The number of anilines is 1. The van der Waals surface area contributed by atoms with Crippen LogP contribution >= 0.6 is 0 Å². The lowest BCUT2D eigenvalue weighted by molar-refractivity contribution is -0.140. The SMILES string of the molecule is Nc1c(F)cccc1C(C(=O)O)C1CCCC1. The molecule has 0 amide bonds. The highest BCUT2D eigenvalue weighted by Gasteiger charge is 2.33. The van der Waals surface area contributed by atoms with Gasteiger partial charge in [-0.3, -0.25) is 4.79 Å². The highest BCUT2D eigenvalue weighted by atomic mass is 19.1. The van der Waals surface area contributed by atoms with E-state index in [1.807, 2.05) is 0 Å². The van der Waals surface area contributed by atoms with Crippen LogP contribution in [0.15, 0.2) is 18.2 Å². The number of nitrogens with two attached hydrogens (primary N) is 1. The van der Waals surface area contributed by atoms with E-state index in [0.717, 1.165) is 25.7 Å². The van der Waals surface area contributed by atoms with Gasteiger partial charge < -0.3 is 10.8 Å². The number of aliphatic carboxylic acids is 1. The Kier molecular flexibility index (Phi) is 3.31. The smallest absolute Gasteiger partial charge is 0.311 e. The first kappa shape index (κ1) is 11.9. The van der Waals surface area contributed by atoms with Crippen LogP contribution in [0, 0.1) is 11.7 Å². The third kappa shape index (κ3) is 2.25. The van der Waals surface area contributed by atoms with Gasteiger partial charge in [-0.15, -0.1) is 0 Å². The first-order chi connectivity index (χ1) is 8.11. The van der Waals surface area contributed by atoms with Gasteiger partial charge in [-0.05, 0) is 30.4 Å². The van der Waals surface area contributed by atoms with E-state index in [4.69, 9.17) is 5.73 Å². The molecular weight excluding hydrogens is 221 g/mol. The lowest BCUT2D eigenvalue weighted by atomic mass is 9.84. The number of hydrogen-bond donors (Lipinski definition) is 2. The van der Waals surface area contributed by atoms with E-state index >= 15 is 0 Å². The zero-order valence-corrected chi connectivity index (χ0v) is 9.53. The van der Waals surface area contributed by atoms with E-state index in [-0.39, 0.29) is 11.6 Å². The van der Waals surface area contributed by atoms with Crippen molar-refractivity contribution >= 4 is 11.7 Å². The number of para-hydroxylation sites is 1. The quantitative estimate of drug-likeness (QED) is 0.794. The van der Waals surface area contributed by atoms with Gasteiger partial charge in [0, 0.05) is 0 Å². The van der Waals surface area contributed by atoms with Crippen molar-refractivity contribution in [2.45, 2.75) is 31.6 Å². The number of nitrogen functional groups attached to an aromatic ring is 1. The maximum atomic E-state index is 13.4. The molecule has 92 valence electrons. The fraction of sp³-hybridized carbons (Fsp3) is 0.462. The van der Waals surface area contributed by atoms with Crippen molar-refractivity contribution in [2.24, 2.45) is 5.92 Å². The van der Waals surface area contributed by atoms with Crippen molar-refractivity contribution in [1.29, 1.82) is 0 Å². The number of carboxylic acid groups (broad SMARTS) is 1. The minimum absolute atomic E-state index is 0.0215. The number of rotatable bonds is 3. The minimum Gasteiger partial charge on any atom is -0.481 e. The summed E-state index contributed by atoms with van der Waals surface area (Å²) in [4.78, 5) is 11.4. The second kappa shape index (κ2) is 4.73. The van der Waals surface area contributed by atoms with Crippen molar-refractivity contribution < 1.29 is 14.3 Å². The Hall–Kier alpha value is -1.58. The van der Waals surface area contributed by atoms with Gasteiger partial charge in [0.15, 0.2) is 0 Å². The van der Waals surface area contributed by atoms with Crippen LogP contribution < -0.4 is 5.73 Å². The molecule has 0 radical (unpaired) electrons. The fourth-order valence-corrected chi connectivity index (χ4v) is 2.70. The lowest BCUT2D eigenvalue weighted by Gasteiger charge is -2.21. The predicted octanol–water partition coefficient (Wildman–Crippen LogP) is 2.77. The molecule has 1 fully saturated rings. The summed E-state index contributed by atoms with van der Waals surface area (Å²) in [5.41, 5.74) is 6.05. The third-order valence-corrected chi connectivity index (χ3v) is 3.56. The van der Waals surface area contributed by atoms with Gasteiger partial charge in [-0.1, -0.05) is 25.0 Å². The van der Waals surface area contributed by atoms with Gasteiger partial charge in [0.05, 0.1) is 11.6 Å². The molecule has 0 aliphatic heterocycles. The maximum absolute atomic E-state index is 13.4. The average molecular weight is 237 g/mol. The van der Waals surface area contributed by atoms with Gasteiger partial charge >= 0.3 is 5.97 Å². The number of carbonyl (C=O) groups is 1. The topological polar surface area (TPSA) is 63.3 Å². The summed E-state index contributed by atoms with van der Waals surface area (Å²) < 4.78 is 13.4. The van der Waals surface area contributed by atoms with E-state index in [1.165, 1.54) is 12.1 Å². The molecule has 1 aliphatic carbocycles. The fourth-order valence-electron chi connectivity index (χ4n) is 2.70. The summed E-state index contributed by atoms with van der Waals surface area (Å²) in [7, 11) is 0. The molecule has 0 bridgehead atoms. The van der Waals surface area contributed by atoms with Crippen LogP contribution in [0.1, 0.15) is 37.2 Å². The zero-order chi connectivity index (χ0) is 12.4. The molecule has 17 heavy (non-hydrogen) atoms. The third-order valence-electron chi connectivity index (χ3n) is 3.56. The Balaban J connectivity index is 2.38. The molecule has 0 heterocycles. The number of carboxylic acids is 1. The van der Waals surface area contributed by atoms with E-state index in [2.05, 4.69) is 0 Å². The van der Waals surface area contributed by atoms with Crippen molar-refractivity contribution in [2.75, 3.05) is 5.73 Å². The highest BCUT2D eigenvalue weighted by Crippen LogP contribution is 2.39. The molecule has 4 heteroatoms. The standard InChI is InChI=1S/C13H16FNO2/c14-10-7-3-6-9(12(10)15)11(13(16)17)8-4-1-2-5-8/h3,6-8,11H,1-2,4-5,15H2,(H,16,17). The molecule has 3 nitrogen and oxygen atoms in total. The summed E-state index contributed by atoms with van der Waals surface area (Å²) in [6.07, 6.45) is 3.85. The molecule has 0 saturated heterocycles. The van der Waals surface area contributed by atoms with E-state index < -0.39 is 17.7 Å². The van der Waals surface area contributed by atoms with E-state index in [1.54, 1.807) is 6.07 Å². The summed E-state index contributed by atoms with van der Waals surface area (Å²) >= 11 is 0. The van der Waals surface area contributed by atoms with Gasteiger partial charge in [0.2, 0.25) is 0 Å². The maximum Gasteiger partial charge on any atom is 0.311 e. The monoisotopic (exact) mass is 237 g/mol. The predicted molar refractivity (Wildman–Crippen MR) is 63.1 cm³/mol. The van der Waals surface area contributed by atoms with Crippen molar-refractivity contribution in [3.63, 3.8) is 0 Å². The number of halogens is 1. The molecule has 1 saturated carbocycles. The molecule has 1 aliphatic rings. The van der Waals surface area contributed by atoms with Gasteiger partial charge in [-0.25, -0.2) is 4.39 Å². The largest absolute Gasteiger partial charge is 0.481 e. The van der Waals surface area contributed by atoms with Gasteiger partial charge in [0.1, 0.15) is 5.82 Å². The highest BCUT2D eigenvalue weighted by molar-refractivity contribution is 5.79. The van der Waals surface area contributed by atoms with Crippen molar-refractivity contribution in [1.82, 2.24) is 0 Å². The van der Waals surface area contributed by atoms with Crippen LogP contribution in [0.25, 0.3) is 0 Å². The van der Waals surface area contributed by atoms with Crippen LogP contribution in [0.2, 0.25) is 0 Å². The molecule has 1 aromatic carbocycles. The zero-order valence-electron chi connectivity index (χ0n) is 9.53. The average Bonchev–Trinajstić information content (AvgIpc) is 2.77. The first-order valence-electron chi connectivity index (χ1n) is 5.88. The Morgan fingerprint density at radius 2 is 2.06 bits per heavy atom. The Labute approximate surface area is 99.4 Å². The Morgan fingerprint density at radius 1 is 1.41 bits per heavy atom. The van der Waals surface area contributed by atoms with E-state index in [9.17, 15) is 14.3 Å². The summed E-state index contributed by atoms with van der Waals surface area (Å²) in [5.74, 6) is -2.04. The molecule has 1 atom stereocenters. The Morgan fingerprint density at radius 3 is 2.65 bits per heavy atom. The van der Waals surface area contributed by atoms with Crippen LogP contribution in [0.4, 0.5) is 10.1 Å². The Bertz CT molecular complexity index is 427. The molecule has 2 rings (SSSR count). The second-order valence-electron chi connectivity index (χ2n) is 4.60. The summed E-state index contributed by atoms with van der Waals surface area (Å²) in [6.45, 7) is 0. The van der Waals surface area contributed by atoms with E-state index in [0.29, 0.717) is 5.56 Å². The van der Waals surface area contributed by atoms with Crippen LogP contribution in [0.3, 0.4) is 0 Å². The van der Waals surface area contributed by atoms with Crippen molar-refractivity contribution in [3.05, 3.63) is 29.6 Å². The molecule has 1 unspecified atom stereocenters. The normalized spacial score (nSPS) is 18.2. The van der Waals surface area contributed by atoms with Gasteiger partial charge in [0.25, 0.3) is 0 Å². The molecule has 0 aromatic heterocycles. The summed E-state index contributed by atoms with van der Waals surface area (Å²) in [5, 5.41) is 9.32. The molecular formula is C13H16FNO2. The minimum atomic E-state index is -0.908. The first-order valence-corrected chi connectivity index (χ1v) is 5.88. The lowest BCUT2D eigenvalue weighted by Crippen LogP contribution is -2.21.